The number of fused-ring (bicyclic) bond motifs is 1. The Bertz CT molecular complexity index is 895. The molecule has 0 N–H and O–H groups in total. The summed E-state index contributed by atoms with van der Waals surface area (Å²) in [6, 6.07) is 13.5. The number of nitrogens with zero attached hydrogens (tertiary/aromatic N) is 2. The molecule has 110 valence electrons. The molecule has 3 nitrogen and oxygen atoms in total. The molecule has 0 spiro atoms. The van der Waals surface area contributed by atoms with Crippen LogP contribution in [0, 0.1) is 5.82 Å². The van der Waals surface area contributed by atoms with Gasteiger partial charge in [-0.3, -0.25) is 9.36 Å². The third-order valence-electron chi connectivity index (χ3n) is 3.50. The first-order chi connectivity index (χ1) is 10.7. The van der Waals surface area contributed by atoms with Crippen LogP contribution in [0.1, 0.15) is 18.3 Å². The van der Waals surface area contributed by atoms with Gasteiger partial charge in [0.05, 0.1) is 10.9 Å². The molecule has 4 heteroatoms. The summed E-state index contributed by atoms with van der Waals surface area (Å²) in [4.78, 5) is 17.0. The van der Waals surface area contributed by atoms with Gasteiger partial charge in [-0.1, -0.05) is 30.3 Å². The molecular formula is C18H15FN2O. The Kier molecular flexibility index (Phi) is 3.83. The van der Waals surface area contributed by atoms with Crippen molar-refractivity contribution < 1.29 is 4.39 Å². The molecular weight excluding hydrogens is 279 g/mol. The maximum atomic E-state index is 12.9. The van der Waals surface area contributed by atoms with Gasteiger partial charge in [0.1, 0.15) is 11.6 Å². The van der Waals surface area contributed by atoms with Crippen molar-refractivity contribution >= 4 is 23.1 Å². The van der Waals surface area contributed by atoms with Crippen LogP contribution in [0.25, 0.3) is 23.1 Å². The lowest BCUT2D eigenvalue weighted by Crippen LogP contribution is -2.22. The summed E-state index contributed by atoms with van der Waals surface area (Å²) in [5, 5.41) is 0.614. The zero-order chi connectivity index (χ0) is 15.5. The number of aromatic nitrogens is 2. The quantitative estimate of drug-likeness (QED) is 0.738. The van der Waals surface area contributed by atoms with Gasteiger partial charge in [0.25, 0.3) is 5.56 Å². The Morgan fingerprint density at radius 1 is 1.09 bits per heavy atom. The fraction of sp³-hybridized carbons (Fsp3) is 0.111. The Labute approximate surface area is 127 Å². The summed E-state index contributed by atoms with van der Waals surface area (Å²) in [6.45, 7) is 2.45. The summed E-state index contributed by atoms with van der Waals surface area (Å²) in [7, 11) is 0. The lowest BCUT2D eigenvalue weighted by Gasteiger charge is -2.08. The minimum absolute atomic E-state index is 0.0492. The van der Waals surface area contributed by atoms with Gasteiger partial charge in [-0.25, -0.2) is 9.37 Å². The molecule has 1 heterocycles. The molecule has 0 bridgehead atoms. The molecule has 0 saturated heterocycles. The predicted octanol–water partition coefficient (Wildman–Crippen LogP) is 3.73. The highest BCUT2D eigenvalue weighted by Gasteiger charge is 2.07. The van der Waals surface area contributed by atoms with Crippen molar-refractivity contribution in [3.05, 3.63) is 76.1 Å². The normalized spacial score (nSPS) is 11.4. The third-order valence-corrected chi connectivity index (χ3v) is 3.50. The van der Waals surface area contributed by atoms with E-state index in [9.17, 15) is 9.18 Å². The van der Waals surface area contributed by atoms with E-state index in [0.717, 1.165) is 5.56 Å². The predicted molar refractivity (Wildman–Crippen MR) is 87.0 cm³/mol. The number of hydrogen-bond acceptors (Lipinski definition) is 2. The molecule has 0 atom stereocenters. The topological polar surface area (TPSA) is 34.9 Å². The SMILES string of the molecule is CCn1c(/C=C/c2ccc(F)cc2)nc2ccccc2c1=O. The van der Waals surface area contributed by atoms with Crippen LogP contribution in [0.3, 0.4) is 0 Å². The monoisotopic (exact) mass is 294 g/mol. The van der Waals surface area contributed by atoms with E-state index in [-0.39, 0.29) is 11.4 Å². The average molecular weight is 294 g/mol. The first-order valence-corrected chi connectivity index (χ1v) is 7.12. The summed E-state index contributed by atoms with van der Waals surface area (Å²) in [6.07, 6.45) is 3.60. The molecule has 0 unspecified atom stereocenters. The first kappa shape index (κ1) is 14.2. The van der Waals surface area contributed by atoms with Gasteiger partial charge >= 0.3 is 0 Å². The number of halogens is 1. The average Bonchev–Trinajstić information content (AvgIpc) is 2.54. The molecule has 3 rings (SSSR count). The lowest BCUT2D eigenvalue weighted by atomic mass is 10.2. The number of para-hydroxylation sites is 1. The van der Waals surface area contributed by atoms with E-state index < -0.39 is 0 Å². The molecule has 0 aliphatic rings. The Morgan fingerprint density at radius 2 is 1.82 bits per heavy atom. The molecule has 2 aromatic carbocycles. The zero-order valence-electron chi connectivity index (χ0n) is 12.2. The smallest absolute Gasteiger partial charge is 0.261 e. The van der Waals surface area contributed by atoms with Crippen molar-refractivity contribution in [1.29, 1.82) is 0 Å². The van der Waals surface area contributed by atoms with E-state index in [1.165, 1.54) is 12.1 Å². The summed E-state index contributed by atoms with van der Waals surface area (Å²) < 4.78 is 14.5. The Hall–Kier alpha value is -2.75. The molecule has 0 radical (unpaired) electrons. The molecule has 0 saturated carbocycles. The van der Waals surface area contributed by atoms with Crippen LogP contribution in [0.15, 0.2) is 53.3 Å². The first-order valence-electron chi connectivity index (χ1n) is 7.12. The molecule has 0 aliphatic carbocycles. The molecule has 3 aromatic rings. The lowest BCUT2D eigenvalue weighted by molar-refractivity contribution is 0.628. The van der Waals surface area contributed by atoms with Crippen molar-refractivity contribution in [3.63, 3.8) is 0 Å². The molecule has 0 amide bonds. The van der Waals surface area contributed by atoms with Gasteiger partial charge in [-0.15, -0.1) is 0 Å². The number of rotatable bonds is 3. The second kappa shape index (κ2) is 5.93. The number of hydrogen-bond donors (Lipinski definition) is 0. The van der Waals surface area contributed by atoms with Crippen LogP contribution in [0.2, 0.25) is 0 Å². The minimum atomic E-state index is -0.272. The fourth-order valence-electron chi connectivity index (χ4n) is 2.36. The molecule has 0 aliphatic heterocycles. The summed E-state index contributed by atoms with van der Waals surface area (Å²) >= 11 is 0. The van der Waals surface area contributed by atoms with E-state index in [2.05, 4.69) is 4.98 Å². The van der Waals surface area contributed by atoms with Crippen molar-refractivity contribution in [2.45, 2.75) is 13.5 Å². The molecule has 1 aromatic heterocycles. The highest BCUT2D eigenvalue weighted by molar-refractivity contribution is 5.79. The Morgan fingerprint density at radius 3 is 2.55 bits per heavy atom. The van der Waals surface area contributed by atoms with Crippen LogP contribution in [0.5, 0.6) is 0 Å². The second-order valence-corrected chi connectivity index (χ2v) is 4.92. The minimum Gasteiger partial charge on any atom is -0.293 e. The molecule has 0 fully saturated rings. The van der Waals surface area contributed by atoms with Gasteiger partial charge < -0.3 is 0 Å². The largest absolute Gasteiger partial charge is 0.293 e. The van der Waals surface area contributed by atoms with Gasteiger partial charge in [-0.2, -0.15) is 0 Å². The van der Waals surface area contributed by atoms with E-state index in [1.807, 2.05) is 31.2 Å². The van der Waals surface area contributed by atoms with Gasteiger partial charge in [0.15, 0.2) is 0 Å². The van der Waals surface area contributed by atoms with Crippen molar-refractivity contribution in [2.24, 2.45) is 0 Å². The van der Waals surface area contributed by atoms with Crippen molar-refractivity contribution in [2.75, 3.05) is 0 Å². The van der Waals surface area contributed by atoms with Gasteiger partial charge in [-0.05, 0) is 42.8 Å². The fourth-order valence-corrected chi connectivity index (χ4v) is 2.36. The van der Waals surface area contributed by atoms with Crippen LogP contribution in [-0.4, -0.2) is 9.55 Å². The van der Waals surface area contributed by atoms with Gasteiger partial charge in [0, 0.05) is 6.54 Å². The summed E-state index contributed by atoms with van der Waals surface area (Å²) in [5.41, 5.74) is 1.48. The van der Waals surface area contributed by atoms with Crippen LogP contribution in [-0.2, 0) is 6.54 Å². The van der Waals surface area contributed by atoms with Gasteiger partial charge in [0.2, 0.25) is 0 Å². The van der Waals surface area contributed by atoms with Crippen molar-refractivity contribution in [3.8, 4) is 0 Å². The van der Waals surface area contributed by atoms with E-state index >= 15 is 0 Å². The maximum Gasteiger partial charge on any atom is 0.261 e. The van der Waals surface area contributed by atoms with E-state index in [1.54, 1.807) is 28.8 Å². The molecule has 22 heavy (non-hydrogen) atoms. The second-order valence-electron chi connectivity index (χ2n) is 4.92. The maximum absolute atomic E-state index is 12.9. The highest BCUT2D eigenvalue weighted by atomic mass is 19.1. The van der Waals surface area contributed by atoms with Crippen LogP contribution in [0.4, 0.5) is 4.39 Å². The Balaban J connectivity index is 2.09. The highest BCUT2D eigenvalue weighted by Crippen LogP contribution is 2.11. The van der Waals surface area contributed by atoms with Crippen molar-refractivity contribution in [1.82, 2.24) is 9.55 Å². The van der Waals surface area contributed by atoms with Crippen LogP contribution >= 0.6 is 0 Å². The van der Waals surface area contributed by atoms with E-state index in [0.29, 0.717) is 23.3 Å². The number of benzene rings is 2. The van der Waals surface area contributed by atoms with Crippen LogP contribution < -0.4 is 5.56 Å². The standard InChI is InChI=1S/C18H15FN2O/c1-2-21-17(12-9-13-7-10-14(19)11-8-13)20-16-6-4-3-5-15(16)18(21)22/h3-12H,2H2,1H3/b12-9+. The third kappa shape index (κ3) is 2.68. The zero-order valence-corrected chi connectivity index (χ0v) is 12.2. The van der Waals surface area contributed by atoms with E-state index in [4.69, 9.17) is 0 Å². The summed E-state index contributed by atoms with van der Waals surface area (Å²) in [5.74, 6) is 0.321.